The molecule has 0 radical (unpaired) electrons. The van der Waals surface area contributed by atoms with Gasteiger partial charge in [0.15, 0.2) is 0 Å². The lowest BCUT2D eigenvalue weighted by molar-refractivity contribution is 0.390. The van der Waals surface area contributed by atoms with E-state index in [0.717, 1.165) is 36.5 Å². The monoisotopic (exact) mass is 297 g/mol. The van der Waals surface area contributed by atoms with E-state index < -0.39 is 0 Å². The normalized spacial score (nSPS) is 11.2. The minimum Gasteiger partial charge on any atom is -0.461 e. The number of nitrogens with zero attached hydrogens (tertiary/aromatic N) is 1. The summed E-state index contributed by atoms with van der Waals surface area (Å²) in [5.41, 5.74) is 0.880. The van der Waals surface area contributed by atoms with Crippen LogP contribution < -0.4 is 0 Å². The van der Waals surface area contributed by atoms with Crippen LogP contribution >= 0.6 is 23.2 Å². The summed E-state index contributed by atoms with van der Waals surface area (Å²) in [4.78, 5) is 2.17. The molecule has 1 aromatic carbocycles. The van der Waals surface area contributed by atoms with Gasteiger partial charge in [0.2, 0.25) is 0 Å². The molecule has 0 spiro atoms. The Bertz CT molecular complexity index is 549. The maximum Gasteiger partial charge on any atom is 0.135 e. The van der Waals surface area contributed by atoms with Crippen LogP contribution in [0.2, 0.25) is 10.0 Å². The Morgan fingerprint density at radius 3 is 2.58 bits per heavy atom. The highest BCUT2D eigenvalue weighted by molar-refractivity contribution is 6.36. The summed E-state index contributed by atoms with van der Waals surface area (Å²) < 4.78 is 5.83. The largest absolute Gasteiger partial charge is 0.461 e. The van der Waals surface area contributed by atoms with Crippen LogP contribution in [0.1, 0.15) is 12.2 Å². The lowest BCUT2D eigenvalue weighted by Gasteiger charge is -2.07. The van der Waals surface area contributed by atoms with Crippen molar-refractivity contribution >= 4 is 23.2 Å². The van der Waals surface area contributed by atoms with E-state index in [9.17, 15) is 0 Å². The molecule has 0 unspecified atom stereocenters. The van der Waals surface area contributed by atoms with Gasteiger partial charge < -0.3 is 9.32 Å². The van der Waals surface area contributed by atoms with Gasteiger partial charge in [-0.1, -0.05) is 23.2 Å². The molecule has 1 aromatic heterocycles. The minimum absolute atomic E-state index is 0.613. The average molecular weight is 298 g/mol. The molecule has 0 saturated heterocycles. The maximum atomic E-state index is 6.17. The molecule has 1 heterocycles. The number of furan rings is 1. The summed E-state index contributed by atoms with van der Waals surface area (Å²) in [6.45, 7) is 1.05. The predicted molar refractivity (Wildman–Crippen MR) is 81.0 cm³/mol. The molecule has 0 amide bonds. The summed E-state index contributed by atoms with van der Waals surface area (Å²) in [7, 11) is 4.14. The average Bonchev–Trinajstić information content (AvgIpc) is 2.77. The van der Waals surface area contributed by atoms with E-state index in [1.165, 1.54) is 0 Å². The van der Waals surface area contributed by atoms with Crippen LogP contribution in [0.4, 0.5) is 0 Å². The summed E-state index contributed by atoms with van der Waals surface area (Å²) in [5.74, 6) is 1.78. The molecule has 19 heavy (non-hydrogen) atoms. The summed E-state index contributed by atoms with van der Waals surface area (Å²) >= 11 is 12.1. The van der Waals surface area contributed by atoms with Gasteiger partial charge >= 0.3 is 0 Å². The molecule has 0 N–H and O–H groups in total. The summed E-state index contributed by atoms with van der Waals surface area (Å²) in [6, 6.07) is 9.40. The molecule has 0 saturated carbocycles. The molecule has 0 aliphatic heterocycles. The first-order chi connectivity index (χ1) is 9.06. The predicted octanol–water partition coefficient (Wildman–Crippen LogP) is 4.75. The Morgan fingerprint density at radius 1 is 1.11 bits per heavy atom. The first-order valence-corrected chi connectivity index (χ1v) is 7.01. The Labute approximate surface area is 123 Å². The number of rotatable bonds is 5. The highest BCUT2D eigenvalue weighted by atomic mass is 35.5. The third kappa shape index (κ3) is 4.00. The molecule has 2 nitrogen and oxygen atoms in total. The molecule has 0 aliphatic carbocycles. The second-order valence-electron chi connectivity index (χ2n) is 4.80. The van der Waals surface area contributed by atoms with Crippen LogP contribution in [0, 0.1) is 0 Å². The third-order valence-electron chi connectivity index (χ3n) is 2.89. The lowest BCUT2D eigenvalue weighted by Crippen LogP contribution is -2.13. The molecule has 2 rings (SSSR count). The molecule has 0 bridgehead atoms. The molecular weight excluding hydrogens is 281 g/mol. The Balaban J connectivity index is 2.08. The number of hydrogen-bond acceptors (Lipinski definition) is 2. The highest BCUT2D eigenvalue weighted by Gasteiger charge is 2.09. The standard InChI is InChI=1S/C15H17Cl2NO/c1-18(2)9-3-4-12-6-8-15(19-12)13-7-5-11(16)10-14(13)17/h5-8,10H,3-4,9H2,1-2H3. The van der Waals surface area contributed by atoms with Gasteiger partial charge in [0.25, 0.3) is 0 Å². The number of aryl methyl sites for hydroxylation is 1. The van der Waals surface area contributed by atoms with E-state index in [-0.39, 0.29) is 0 Å². The van der Waals surface area contributed by atoms with Gasteiger partial charge in [0, 0.05) is 17.0 Å². The van der Waals surface area contributed by atoms with Gasteiger partial charge in [-0.2, -0.15) is 0 Å². The highest BCUT2D eigenvalue weighted by Crippen LogP contribution is 2.31. The molecule has 0 fully saturated rings. The van der Waals surface area contributed by atoms with Crippen molar-refractivity contribution < 1.29 is 4.42 Å². The lowest BCUT2D eigenvalue weighted by atomic mass is 10.2. The second-order valence-corrected chi connectivity index (χ2v) is 5.64. The zero-order valence-electron chi connectivity index (χ0n) is 11.1. The van der Waals surface area contributed by atoms with E-state index in [1.807, 2.05) is 24.3 Å². The van der Waals surface area contributed by atoms with Gasteiger partial charge in [-0.15, -0.1) is 0 Å². The van der Waals surface area contributed by atoms with Crippen LogP contribution in [0.15, 0.2) is 34.7 Å². The molecule has 4 heteroatoms. The molecule has 102 valence electrons. The van der Waals surface area contributed by atoms with E-state index in [0.29, 0.717) is 10.0 Å². The number of benzene rings is 1. The molecule has 0 atom stereocenters. The first-order valence-electron chi connectivity index (χ1n) is 6.25. The van der Waals surface area contributed by atoms with Crippen molar-refractivity contribution in [2.24, 2.45) is 0 Å². The van der Waals surface area contributed by atoms with Gasteiger partial charge in [0.05, 0.1) is 5.02 Å². The fourth-order valence-electron chi connectivity index (χ4n) is 1.92. The molecular formula is C15H17Cl2NO. The summed E-state index contributed by atoms with van der Waals surface area (Å²) in [6.07, 6.45) is 2.01. The van der Waals surface area contributed by atoms with E-state index in [1.54, 1.807) is 6.07 Å². The van der Waals surface area contributed by atoms with Gasteiger partial charge in [0.1, 0.15) is 11.5 Å². The zero-order chi connectivity index (χ0) is 13.8. The van der Waals surface area contributed by atoms with Crippen molar-refractivity contribution in [1.82, 2.24) is 4.90 Å². The van der Waals surface area contributed by atoms with Crippen LogP contribution in [-0.2, 0) is 6.42 Å². The zero-order valence-corrected chi connectivity index (χ0v) is 12.6. The minimum atomic E-state index is 0.613. The van der Waals surface area contributed by atoms with Crippen LogP contribution in [0.3, 0.4) is 0 Å². The third-order valence-corrected chi connectivity index (χ3v) is 3.43. The Hall–Kier alpha value is -0.960. The first kappa shape index (κ1) is 14.4. The Kier molecular flexibility index (Phi) is 4.92. The van der Waals surface area contributed by atoms with Crippen molar-refractivity contribution in [3.63, 3.8) is 0 Å². The Morgan fingerprint density at radius 2 is 1.89 bits per heavy atom. The number of hydrogen-bond donors (Lipinski definition) is 0. The smallest absolute Gasteiger partial charge is 0.135 e. The number of halogens is 2. The van der Waals surface area contributed by atoms with Gasteiger partial charge in [-0.05, 0) is 57.4 Å². The van der Waals surface area contributed by atoms with Crippen molar-refractivity contribution in [2.45, 2.75) is 12.8 Å². The van der Waals surface area contributed by atoms with E-state index >= 15 is 0 Å². The summed E-state index contributed by atoms with van der Waals surface area (Å²) in [5, 5.41) is 1.24. The van der Waals surface area contributed by atoms with Gasteiger partial charge in [-0.3, -0.25) is 0 Å². The van der Waals surface area contributed by atoms with Crippen LogP contribution in [0.5, 0.6) is 0 Å². The SMILES string of the molecule is CN(C)CCCc1ccc(-c2ccc(Cl)cc2Cl)o1. The van der Waals surface area contributed by atoms with E-state index in [4.69, 9.17) is 27.6 Å². The van der Waals surface area contributed by atoms with Crippen LogP contribution in [0.25, 0.3) is 11.3 Å². The van der Waals surface area contributed by atoms with Crippen LogP contribution in [-0.4, -0.2) is 25.5 Å². The maximum absolute atomic E-state index is 6.17. The molecule has 2 aromatic rings. The fraction of sp³-hybridized carbons (Fsp3) is 0.333. The van der Waals surface area contributed by atoms with E-state index in [2.05, 4.69) is 19.0 Å². The quantitative estimate of drug-likeness (QED) is 0.792. The van der Waals surface area contributed by atoms with Crippen molar-refractivity contribution in [3.8, 4) is 11.3 Å². The second kappa shape index (κ2) is 6.47. The van der Waals surface area contributed by atoms with Crippen molar-refractivity contribution in [1.29, 1.82) is 0 Å². The molecule has 0 aliphatic rings. The van der Waals surface area contributed by atoms with Crippen molar-refractivity contribution in [3.05, 3.63) is 46.1 Å². The van der Waals surface area contributed by atoms with Crippen molar-refractivity contribution in [2.75, 3.05) is 20.6 Å². The topological polar surface area (TPSA) is 16.4 Å². The van der Waals surface area contributed by atoms with Gasteiger partial charge in [-0.25, -0.2) is 0 Å². The fourth-order valence-corrected chi connectivity index (χ4v) is 2.42.